The molecule has 0 spiro atoms. The predicted molar refractivity (Wildman–Crippen MR) is 124 cm³/mol. The normalized spacial score (nSPS) is 11.4. The Bertz CT molecular complexity index is 1170. The van der Waals surface area contributed by atoms with Gasteiger partial charge < -0.3 is 14.8 Å². The maximum absolute atomic E-state index is 12.6. The number of hydrogen-bond donors (Lipinski definition) is 2. The number of hydrogen-bond acceptors (Lipinski definition) is 6. The maximum atomic E-state index is 12.6. The van der Waals surface area contributed by atoms with Crippen molar-refractivity contribution in [1.82, 2.24) is 4.98 Å². The van der Waals surface area contributed by atoms with Crippen molar-refractivity contribution in [2.45, 2.75) is 13.1 Å². The summed E-state index contributed by atoms with van der Waals surface area (Å²) in [5.41, 5.74) is 3.89. The van der Waals surface area contributed by atoms with Crippen LogP contribution in [-0.2, 0) is 11.0 Å². The lowest BCUT2D eigenvalue weighted by atomic mass is 10.2. The number of aryl methyl sites for hydroxylation is 1. The second kappa shape index (κ2) is 10.9. The molecule has 0 fully saturated rings. The number of rotatable bonds is 8. The Labute approximate surface area is 198 Å². The molecular weight excluding hydrogens is 473 g/mol. The van der Waals surface area contributed by atoms with Gasteiger partial charge in [0.05, 0.1) is 23.9 Å². The minimum absolute atomic E-state index is 0.127. The summed E-state index contributed by atoms with van der Waals surface area (Å²) in [4.78, 5) is 15.8. The van der Waals surface area contributed by atoms with Crippen LogP contribution in [0.1, 0.15) is 16.7 Å². The lowest BCUT2D eigenvalue weighted by Gasteiger charge is -2.13. The number of amides is 1. The van der Waals surface area contributed by atoms with Gasteiger partial charge >= 0.3 is 6.18 Å². The summed E-state index contributed by atoms with van der Waals surface area (Å²) < 4.78 is 48.6. The predicted octanol–water partition coefficient (Wildman–Crippen LogP) is 5.53. The number of pyridine rings is 1. The van der Waals surface area contributed by atoms with E-state index in [-0.39, 0.29) is 34.9 Å². The second-order valence-electron chi connectivity index (χ2n) is 7.04. The third-order valence-electron chi connectivity index (χ3n) is 4.42. The molecule has 2 N–H and O–H groups in total. The Morgan fingerprint density at radius 2 is 1.91 bits per heavy atom. The highest BCUT2D eigenvalue weighted by atomic mass is 35.5. The molecule has 0 unspecified atom stereocenters. The van der Waals surface area contributed by atoms with Gasteiger partial charge in [0, 0.05) is 11.9 Å². The van der Waals surface area contributed by atoms with E-state index in [2.05, 4.69) is 20.8 Å². The van der Waals surface area contributed by atoms with Crippen molar-refractivity contribution in [3.05, 3.63) is 76.4 Å². The SMILES string of the molecule is COc1cc(/C=N\Nc2ccc(C(F)(F)F)cn2)cc(Cl)c1OCC(=O)Nc1ccc(C)cc1. The largest absolute Gasteiger partial charge is 0.493 e. The Balaban J connectivity index is 1.62. The molecule has 178 valence electrons. The van der Waals surface area contributed by atoms with Crippen molar-refractivity contribution >= 4 is 35.2 Å². The number of nitrogens with zero attached hydrogens (tertiary/aromatic N) is 2. The van der Waals surface area contributed by atoms with Crippen molar-refractivity contribution in [2.75, 3.05) is 24.5 Å². The van der Waals surface area contributed by atoms with Gasteiger partial charge in [-0.1, -0.05) is 29.3 Å². The van der Waals surface area contributed by atoms with E-state index in [1.807, 2.05) is 19.1 Å². The number of methoxy groups -OCH3 is 1. The first-order chi connectivity index (χ1) is 16.2. The number of nitrogens with one attached hydrogen (secondary N) is 2. The molecule has 0 bridgehead atoms. The number of ether oxygens (including phenoxy) is 2. The highest BCUT2D eigenvalue weighted by molar-refractivity contribution is 6.32. The van der Waals surface area contributed by atoms with Gasteiger partial charge in [0.15, 0.2) is 18.1 Å². The number of aromatic nitrogens is 1. The first-order valence-corrected chi connectivity index (χ1v) is 10.2. The number of benzene rings is 2. The fourth-order valence-electron chi connectivity index (χ4n) is 2.73. The van der Waals surface area contributed by atoms with E-state index in [0.29, 0.717) is 17.4 Å². The van der Waals surface area contributed by atoms with Crippen molar-refractivity contribution in [1.29, 1.82) is 0 Å². The molecule has 0 aliphatic rings. The first kappa shape index (κ1) is 24.8. The zero-order valence-corrected chi connectivity index (χ0v) is 18.9. The average molecular weight is 493 g/mol. The van der Waals surface area contributed by atoms with E-state index in [1.165, 1.54) is 19.4 Å². The molecule has 1 amide bonds. The molecule has 2 aromatic carbocycles. The smallest absolute Gasteiger partial charge is 0.417 e. The summed E-state index contributed by atoms with van der Waals surface area (Å²) >= 11 is 6.29. The number of hydrazone groups is 1. The molecule has 11 heteroatoms. The van der Waals surface area contributed by atoms with Crippen LogP contribution in [0.25, 0.3) is 0 Å². The summed E-state index contributed by atoms with van der Waals surface area (Å²) in [7, 11) is 1.41. The highest BCUT2D eigenvalue weighted by Crippen LogP contribution is 2.36. The summed E-state index contributed by atoms with van der Waals surface area (Å²) in [5.74, 6) is 0.199. The monoisotopic (exact) mass is 492 g/mol. The van der Waals surface area contributed by atoms with Crippen molar-refractivity contribution < 1.29 is 27.4 Å². The molecule has 0 radical (unpaired) electrons. The van der Waals surface area contributed by atoms with Crippen LogP contribution in [0.15, 0.2) is 59.8 Å². The first-order valence-electron chi connectivity index (χ1n) is 9.85. The van der Waals surface area contributed by atoms with Gasteiger partial charge in [0.2, 0.25) is 0 Å². The Kier molecular flexibility index (Phi) is 7.95. The van der Waals surface area contributed by atoms with E-state index in [9.17, 15) is 18.0 Å². The molecule has 3 rings (SSSR count). The number of carbonyl (C=O) groups is 1. The van der Waals surface area contributed by atoms with Gasteiger partial charge in [0.1, 0.15) is 5.82 Å². The minimum Gasteiger partial charge on any atom is -0.493 e. The summed E-state index contributed by atoms with van der Waals surface area (Å²) in [6, 6.07) is 12.5. The summed E-state index contributed by atoms with van der Waals surface area (Å²) in [5, 5.41) is 6.83. The molecule has 0 atom stereocenters. The Hall–Kier alpha value is -3.79. The zero-order valence-electron chi connectivity index (χ0n) is 18.1. The molecule has 0 saturated carbocycles. The standard InChI is InChI=1S/C23H20ClF3N4O3/c1-14-3-6-17(7-4-14)30-21(32)13-34-22-18(24)9-15(10-19(22)33-2)11-29-31-20-8-5-16(12-28-20)23(25,26)27/h3-12H,13H2,1-2H3,(H,28,31)(H,30,32)/b29-11-. The van der Waals surface area contributed by atoms with Crippen LogP contribution in [0.3, 0.4) is 0 Å². The molecule has 0 aliphatic heterocycles. The Morgan fingerprint density at radius 3 is 2.53 bits per heavy atom. The number of anilines is 2. The fraction of sp³-hybridized carbons (Fsp3) is 0.174. The van der Waals surface area contributed by atoms with Gasteiger partial charge in [-0.25, -0.2) is 4.98 Å². The lowest BCUT2D eigenvalue weighted by Crippen LogP contribution is -2.20. The third kappa shape index (κ3) is 6.85. The molecule has 0 saturated heterocycles. The van der Waals surface area contributed by atoms with Gasteiger partial charge in [-0.2, -0.15) is 18.3 Å². The van der Waals surface area contributed by atoms with Crippen LogP contribution in [0, 0.1) is 6.92 Å². The van der Waals surface area contributed by atoms with Crippen molar-refractivity contribution in [2.24, 2.45) is 5.10 Å². The minimum atomic E-state index is -4.47. The van der Waals surface area contributed by atoms with Crippen LogP contribution < -0.4 is 20.2 Å². The van der Waals surface area contributed by atoms with Gasteiger partial charge in [-0.3, -0.25) is 10.2 Å². The molecular formula is C23H20ClF3N4O3. The average Bonchev–Trinajstić information content (AvgIpc) is 2.79. The van der Waals surface area contributed by atoms with Crippen LogP contribution in [0.5, 0.6) is 11.5 Å². The number of halogens is 4. The van der Waals surface area contributed by atoms with Crippen LogP contribution in [0.2, 0.25) is 5.02 Å². The lowest BCUT2D eigenvalue weighted by molar-refractivity contribution is -0.137. The van der Waals surface area contributed by atoms with Crippen LogP contribution in [-0.4, -0.2) is 30.8 Å². The summed E-state index contributed by atoms with van der Waals surface area (Å²) in [6.45, 7) is 1.65. The van der Waals surface area contributed by atoms with E-state index >= 15 is 0 Å². The second-order valence-corrected chi connectivity index (χ2v) is 7.44. The Morgan fingerprint density at radius 1 is 1.18 bits per heavy atom. The van der Waals surface area contributed by atoms with Crippen molar-refractivity contribution in [3.63, 3.8) is 0 Å². The van der Waals surface area contributed by atoms with E-state index in [0.717, 1.165) is 17.7 Å². The van der Waals surface area contributed by atoms with Gasteiger partial charge in [0.25, 0.3) is 5.91 Å². The molecule has 3 aromatic rings. The maximum Gasteiger partial charge on any atom is 0.417 e. The third-order valence-corrected chi connectivity index (χ3v) is 4.70. The molecule has 1 aromatic heterocycles. The van der Waals surface area contributed by atoms with Crippen molar-refractivity contribution in [3.8, 4) is 11.5 Å². The zero-order chi connectivity index (χ0) is 24.7. The molecule has 0 aliphatic carbocycles. The fourth-order valence-corrected chi connectivity index (χ4v) is 3.00. The van der Waals surface area contributed by atoms with E-state index in [1.54, 1.807) is 18.2 Å². The van der Waals surface area contributed by atoms with Crippen LogP contribution in [0.4, 0.5) is 24.7 Å². The van der Waals surface area contributed by atoms with E-state index in [4.69, 9.17) is 21.1 Å². The number of alkyl halides is 3. The highest BCUT2D eigenvalue weighted by Gasteiger charge is 2.30. The molecule has 34 heavy (non-hydrogen) atoms. The van der Waals surface area contributed by atoms with Gasteiger partial charge in [-0.05, 0) is 48.9 Å². The topological polar surface area (TPSA) is 84.8 Å². The van der Waals surface area contributed by atoms with Crippen LogP contribution >= 0.6 is 11.6 Å². The quantitative estimate of drug-likeness (QED) is 0.319. The summed E-state index contributed by atoms with van der Waals surface area (Å²) in [6.07, 6.45) is -2.38. The molecule has 7 nitrogen and oxygen atoms in total. The number of carbonyl (C=O) groups excluding carboxylic acids is 1. The van der Waals surface area contributed by atoms with E-state index < -0.39 is 11.7 Å². The van der Waals surface area contributed by atoms with Gasteiger partial charge in [-0.15, -0.1) is 0 Å². The molecule has 1 heterocycles.